The number of amides is 2. The van der Waals surface area contributed by atoms with Gasteiger partial charge in [0.25, 0.3) is 0 Å². The zero-order valence-electron chi connectivity index (χ0n) is 13.7. The Morgan fingerprint density at radius 2 is 2.00 bits per heavy atom. The van der Waals surface area contributed by atoms with Gasteiger partial charge in [-0.2, -0.15) is 0 Å². The highest BCUT2D eigenvalue weighted by molar-refractivity contribution is 5.88. The summed E-state index contributed by atoms with van der Waals surface area (Å²) in [4.78, 5) is 20.4. The first kappa shape index (κ1) is 16.0. The Morgan fingerprint density at radius 1 is 1.15 bits per heavy atom. The molecule has 0 spiro atoms. The second-order valence-corrected chi connectivity index (χ2v) is 5.82. The number of carbonyl (C=O) groups is 1. The molecular formula is C19H15FN4O2. The standard InChI is InChI=1S/C19H15FN4O2/c20-14-3-1-12(2-4-14)8-23-19(25)24-18-7-13-11-26-17-10-21-6-5-15(17)16(13)9-22-18/h1-7,9-10H,8,11H2,(H2,22,23,24,25). The van der Waals surface area contributed by atoms with E-state index in [1.807, 2.05) is 6.07 Å². The Hall–Kier alpha value is -3.48. The van der Waals surface area contributed by atoms with Crippen LogP contribution in [0.1, 0.15) is 11.1 Å². The zero-order chi connectivity index (χ0) is 17.9. The maximum absolute atomic E-state index is 12.9. The molecule has 1 aromatic carbocycles. The summed E-state index contributed by atoms with van der Waals surface area (Å²) in [5, 5.41) is 5.41. The molecule has 130 valence electrons. The van der Waals surface area contributed by atoms with Crippen molar-refractivity contribution in [1.29, 1.82) is 0 Å². The third-order valence-electron chi connectivity index (χ3n) is 4.06. The van der Waals surface area contributed by atoms with Crippen LogP contribution in [0.3, 0.4) is 0 Å². The van der Waals surface area contributed by atoms with E-state index < -0.39 is 0 Å². The van der Waals surface area contributed by atoms with Crippen molar-refractivity contribution in [3.63, 3.8) is 0 Å². The van der Waals surface area contributed by atoms with Crippen molar-refractivity contribution in [3.8, 4) is 16.9 Å². The van der Waals surface area contributed by atoms with Gasteiger partial charge in [0, 0.05) is 35.6 Å². The van der Waals surface area contributed by atoms with Gasteiger partial charge in [-0.25, -0.2) is 14.2 Å². The van der Waals surface area contributed by atoms with Crippen LogP contribution in [-0.4, -0.2) is 16.0 Å². The van der Waals surface area contributed by atoms with Crippen LogP contribution in [0.25, 0.3) is 11.1 Å². The predicted molar refractivity (Wildman–Crippen MR) is 94.1 cm³/mol. The smallest absolute Gasteiger partial charge is 0.320 e. The average molecular weight is 350 g/mol. The van der Waals surface area contributed by atoms with Gasteiger partial charge >= 0.3 is 6.03 Å². The van der Waals surface area contributed by atoms with Crippen LogP contribution in [0.2, 0.25) is 0 Å². The van der Waals surface area contributed by atoms with Gasteiger partial charge in [-0.3, -0.25) is 10.3 Å². The van der Waals surface area contributed by atoms with E-state index >= 15 is 0 Å². The molecule has 3 aromatic rings. The van der Waals surface area contributed by atoms with Gasteiger partial charge in [0.15, 0.2) is 0 Å². The summed E-state index contributed by atoms with van der Waals surface area (Å²) >= 11 is 0. The summed E-state index contributed by atoms with van der Waals surface area (Å²) < 4.78 is 18.6. The normalized spacial score (nSPS) is 11.7. The predicted octanol–water partition coefficient (Wildman–Crippen LogP) is 3.50. The lowest BCUT2D eigenvalue weighted by Crippen LogP contribution is -2.28. The van der Waals surface area contributed by atoms with Gasteiger partial charge < -0.3 is 10.1 Å². The minimum absolute atomic E-state index is 0.292. The van der Waals surface area contributed by atoms with Gasteiger partial charge in [-0.05, 0) is 29.8 Å². The van der Waals surface area contributed by atoms with Crippen LogP contribution >= 0.6 is 0 Å². The molecule has 0 fully saturated rings. The van der Waals surface area contributed by atoms with Crippen molar-refractivity contribution in [2.45, 2.75) is 13.2 Å². The van der Waals surface area contributed by atoms with E-state index in [2.05, 4.69) is 20.6 Å². The molecule has 2 aromatic heterocycles. The lowest BCUT2D eigenvalue weighted by Gasteiger charge is -2.20. The average Bonchev–Trinajstić information content (AvgIpc) is 2.67. The lowest BCUT2D eigenvalue weighted by molar-refractivity contribution is 0.251. The molecule has 2 amide bonds. The number of anilines is 1. The Balaban J connectivity index is 1.43. The molecule has 0 bridgehead atoms. The molecule has 26 heavy (non-hydrogen) atoms. The fraction of sp³-hybridized carbons (Fsp3) is 0.105. The third kappa shape index (κ3) is 3.32. The molecule has 7 heteroatoms. The molecular weight excluding hydrogens is 335 g/mol. The maximum Gasteiger partial charge on any atom is 0.320 e. The van der Waals surface area contributed by atoms with Crippen molar-refractivity contribution in [2.24, 2.45) is 0 Å². The second kappa shape index (κ2) is 6.79. The van der Waals surface area contributed by atoms with E-state index in [9.17, 15) is 9.18 Å². The van der Waals surface area contributed by atoms with Gasteiger partial charge in [0.1, 0.15) is 24.0 Å². The highest BCUT2D eigenvalue weighted by atomic mass is 19.1. The van der Waals surface area contributed by atoms with E-state index in [0.29, 0.717) is 19.0 Å². The minimum atomic E-state index is -0.386. The van der Waals surface area contributed by atoms with E-state index in [4.69, 9.17) is 4.74 Å². The third-order valence-corrected chi connectivity index (χ3v) is 4.06. The lowest BCUT2D eigenvalue weighted by atomic mass is 10.0. The van der Waals surface area contributed by atoms with Crippen molar-refractivity contribution >= 4 is 11.8 Å². The number of urea groups is 1. The molecule has 0 saturated carbocycles. The molecule has 2 N–H and O–H groups in total. The topological polar surface area (TPSA) is 76.1 Å². The molecule has 1 aliphatic heterocycles. The van der Waals surface area contributed by atoms with Crippen LogP contribution in [0.15, 0.2) is 55.0 Å². The van der Waals surface area contributed by atoms with Gasteiger partial charge in [-0.1, -0.05) is 12.1 Å². The number of aromatic nitrogens is 2. The summed E-state index contributed by atoms with van der Waals surface area (Å²) in [6, 6.07) is 9.23. The zero-order valence-corrected chi connectivity index (χ0v) is 13.7. The number of ether oxygens (including phenoxy) is 1. The number of hydrogen-bond acceptors (Lipinski definition) is 4. The Labute approximate surface area is 149 Å². The number of carbonyl (C=O) groups excluding carboxylic acids is 1. The Bertz CT molecular complexity index is 960. The van der Waals surface area contributed by atoms with Crippen molar-refractivity contribution in [2.75, 3.05) is 5.32 Å². The number of fused-ring (bicyclic) bond motifs is 3. The summed E-state index contributed by atoms with van der Waals surface area (Å²) in [5.41, 5.74) is 3.64. The summed E-state index contributed by atoms with van der Waals surface area (Å²) in [6.07, 6.45) is 5.09. The summed E-state index contributed by atoms with van der Waals surface area (Å²) in [5.74, 6) is 0.844. The maximum atomic E-state index is 12.9. The van der Waals surface area contributed by atoms with Crippen LogP contribution < -0.4 is 15.4 Å². The fourth-order valence-corrected chi connectivity index (χ4v) is 2.75. The van der Waals surface area contributed by atoms with Gasteiger partial charge in [0.2, 0.25) is 0 Å². The summed E-state index contributed by atoms with van der Waals surface area (Å²) in [7, 11) is 0. The molecule has 1 aliphatic rings. The fourth-order valence-electron chi connectivity index (χ4n) is 2.75. The van der Waals surface area contributed by atoms with Crippen LogP contribution in [0.5, 0.6) is 5.75 Å². The van der Waals surface area contributed by atoms with Crippen LogP contribution in [-0.2, 0) is 13.2 Å². The van der Waals surface area contributed by atoms with Crippen LogP contribution in [0, 0.1) is 5.82 Å². The number of halogens is 1. The summed E-state index contributed by atoms with van der Waals surface area (Å²) in [6.45, 7) is 0.683. The molecule has 0 aliphatic carbocycles. The number of benzene rings is 1. The number of pyridine rings is 2. The molecule has 0 unspecified atom stereocenters. The first-order valence-electron chi connectivity index (χ1n) is 8.04. The van der Waals surface area contributed by atoms with Crippen molar-refractivity contribution in [3.05, 3.63) is 71.9 Å². The van der Waals surface area contributed by atoms with Crippen LogP contribution in [0.4, 0.5) is 15.0 Å². The largest absolute Gasteiger partial charge is 0.487 e. The number of nitrogens with one attached hydrogen (secondary N) is 2. The number of hydrogen-bond donors (Lipinski definition) is 2. The molecule has 0 atom stereocenters. The number of nitrogens with zero attached hydrogens (tertiary/aromatic N) is 2. The monoisotopic (exact) mass is 350 g/mol. The SMILES string of the molecule is O=C(NCc1ccc(F)cc1)Nc1cc2c(cn1)-c1ccncc1OC2. The van der Waals surface area contributed by atoms with Crippen molar-refractivity contribution in [1.82, 2.24) is 15.3 Å². The minimum Gasteiger partial charge on any atom is -0.487 e. The highest BCUT2D eigenvalue weighted by Crippen LogP contribution is 2.36. The van der Waals surface area contributed by atoms with E-state index in [1.54, 1.807) is 36.8 Å². The molecule has 3 heterocycles. The molecule has 0 saturated heterocycles. The van der Waals surface area contributed by atoms with E-state index in [-0.39, 0.29) is 11.8 Å². The molecule has 4 rings (SSSR count). The quantitative estimate of drug-likeness (QED) is 0.758. The van der Waals surface area contributed by atoms with E-state index in [1.165, 1.54) is 12.1 Å². The molecule has 0 radical (unpaired) electrons. The Morgan fingerprint density at radius 3 is 2.85 bits per heavy atom. The first-order chi connectivity index (χ1) is 12.7. The molecule has 6 nitrogen and oxygen atoms in total. The van der Waals surface area contributed by atoms with Gasteiger partial charge in [0.05, 0.1) is 6.20 Å². The van der Waals surface area contributed by atoms with Crippen molar-refractivity contribution < 1.29 is 13.9 Å². The van der Waals surface area contributed by atoms with E-state index in [0.717, 1.165) is 28.0 Å². The first-order valence-corrected chi connectivity index (χ1v) is 8.04. The van der Waals surface area contributed by atoms with Gasteiger partial charge in [-0.15, -0.1) is 0 Å². The Kier molecular flexibility index (Phi) is 4.18. The second-order valence-electron chi connectivity index (χ2n) is 5.82. The number of rotatable bonds is 3. The highest BCUT2D eigenvalue weighted by Gasteiger charge is 2.18.